The minimum Gasteiger partial charge on any atom is -0.381 e. The SMILES string of the molecule is CCCc1nn(C)c2c1nc(N)n2C1CCOCC1. The number of rotatable bonds is 3. The molecule has 0 aliphatic carbocycles. The number of hydrogen-bond donors (Lipinski definition) is 1. The van der Waals surface area contributed by atoms with E-state index < -0.39 is 0 Å². The van der Waals surface area contributed by atoms with E-state index in [4.69, 9.17) is 10.5 Å². The first-order valence-corrected chi connectivity index (χ1v) is 6.99. The molecule has 0 radical (unpaired) electrons. The summed E-state index contributed by atoms with van der Waals surface area (Å²) in [6.07, 6.45) is 3.99. The van der Waals surface area contributed by atoms with Gasteiger partial charge in [0.05, 0.1) is 5.69 Å². The molecule has 1 fully saturated rings. The van der Waals surface area contributed by atoms with Crippen molar-refractivity contribution in [1.82, 2.24) is 19.3 Å². The summed E-state index contributed by atoms with van der Waals surface area (Å²) in [5.74, 6) is 0.604. The topological polar surface area (TPSA) is 70.9 Å². The number of anilines is 1. The number of aromatic nitrogens is 4. The number of nitrogens with two attached hydrogens (primary N) is 1. The van der Waals surface area contributed by atoms with Gasteiger partial charge in [-0.05, 0) is 19.3 Å². The summed E-state index contributed by atoms with van der Waals surface area (Å²) in [5, 5.41) is 4.58. The Kier molecular flexibility index (Phi) is 3.18. The molecule has 2 N–H and O–H groups in total. The van der Waals surface area contributed by atoms with Crippen LogP contribution in [0, 0.1) is 0 Å². The standard InChI is InChI=1S/C13H21N5O/c1-3-4-10-11-12(17(2)16-10)18(13(14)15-11)9-5-7-19-8-6-9/h9H,3-8H2,1-2H3,(H2,14,15). The van der Waals surface area contributed by atoms with Crippen LogP contribution in [0.5, 0.6) is 0 Å². The molecule has 0 spiro atoms. The molecule has 19 heavy (non-hydrogen) atoms. The van der Waals surface area contributed by atoms with Gasteiger partial charge >= 0.3 is 0 Å². The first-order chi connectivity index (χ1) is 9.22. The second kappa shape index (κ2) is 4.85. The maximum Gasteiger partial charge on any atom is 0.202 e. The lowest BCUT2D eigenvalue weighted by atomic mass is 10.1. The van der Waals surface area contributed by atoms with Gasteiger partial charge in [0.2, 0.25) is 5.95 Å². The molecule has 0 aromatic carbocycles. The number of nitrogen functional groups attached to an aromatic ring is 1. The van der Waals surface area contributed by atoms with Gasteiger partial charge < -0.3 is 10.5 Å². The number of aryl methyl sites for hydroxylation is 2. The summed E-state index contributed by atoms with van der Waals surface area (Å²) < 4.78 is 9.49. The normalized spacial score (nSPS) is 17.4. The zero-order chi connectivity index (χ0) is 13.4. The Balaban J connectivity index is 2.10. The van der Waals surface area contributed by atoms with Gasteiger partial charge in [0.15, 0.2) is 5.65 Å². The summed E-state index contributed by atoms with van der Waals surface area (Å²) in [6.45, 7) is 3.74. The lowest BCUT2D eigenvalue weighted by molar-refractivity contribution is 0.0708. The van der Waals surface area contributed by atoms with E-state index in [1.165, 1.54) is 0 Å². The molecule has 0 saturated carbocycles. The third-order valence-electron chi connectivity index (χ3n) is 3.81. The van der Waals surface area contributed by atoms with Crippen molar-refractivity contribution in [2.75, 3.05) is 18.9 Å². The van der Waals surface area contributed by atoms with Crippen molar-refractivity contribution in [1.29, 1.82) is 0 Å². The third-order valence-corrected chi connectivity index (χ3v) is 3.81. The van der Waals surface area contributed by atoms with Crippen LogP contribution in [0.3, 0.4) is 0 Å². The molecule has 3 rings (SSSR count). The molecular weight excluding hydrogens is 242 g/mol. The van der Waals surface area contributed by atoms with Crippen molar-refractivity contribution in [3.63, 3.8) is 0 Å². The maximum absolute atomic E-state index is 6.13. The Bertz CT molecular complexity index is 579. The Morgan fingerprint density at radius 2 is 2.11 bits per heavy atom. The van der Waals surface area contributed by atoms with Crippen molar-refractivity contribution in [3.8, 4) is 0 Å². The van der Waals surface area contributed by atoms with Crippen LogP contribution in [-0.2, 0) is 18.2 Å². The fourth-order valence-corrected chi connectivity index (χ4v) is 2.93. The van der Waals surface area contributed by atoms with Crippen LogP contribution in [0.1, 0.15) is 37.9 Å². The Morgan fingerprint density at radius 1 is 1.37 bits per heavy atom. The molecule has 0 atom stereocenters. The molecule has 1 aliphatic rings. The van der Waals surface area contributed by atoms with Crippen LogP contribution < -0.4 is 5.73 Å². The second-order valence-corrected chi connectivity index (χ2v) is 5.18. The molecule has 3 heterocycles. The van der Waals surface area contributed by atoms with Gasteiger partial charge in [0.1, 0.15) is 5.52 Å². The Morgan fingerprint density at radius 3 is 2.79 bits per heavy atom. The molecule has 2 aromatic rings. The van der Waals surface area contributed by atoms with Crippen LogP contribution in [-0.4, -0.2) is 32.5 Å². The fraction of sp³-hybridized carbons (Fsp3) is 0.692. The van der Waals surface area contributed by atoms with Crippen LogP contribution in [0.4, 0.5) is 5.95 Å². The summed E-state index contributed by atoms with van der Waals surface area (Å²) in [5.41, 5.74) is 9.20. The van der Waals surface area contributed by atoms with E-state index >= 15 is 0 Å². The molecule has 1 aliphatic heterocycles. The molecule has 2 aromatic heterocycles. The van der Waals surface area contributed by atoms with E-state index in [1.807, 2.05) is 11.7 Å². The lowest BCUT2D eigenvalue weighted by Gasteiger charge is -2.24. The zero-order valence-electron chi connectivity index (χ0n) is 11.6. The van der Waals surface area contributed by atoms with Gasteiger partial charge in [0, 0.05) is 26.3 Å². The van der Waals surface area contributed by atoms with Crippen LogP contribution in [0.25, 0.3) is 11.2 Å². The number of nitrogens with zero attached hydrogens (tertiary/aromatic N) is 4. The van der Waals surface area contributed by atoms with E-state index in [2.05, 4.69) is 21.6 Å². The van der Waals surface area contributed by atoms with E-state index in [0.717, 1.165) is 55.8 Å². The number of hydrogen-bond acceptors (Lipinski definition) is 4. The highest BCUT2D eigenvalue weighted by Gasteiger charge is 2.24. The molecule has 0 unspecified atom stereocenters. The first-order valence-electron chi connectivity index (χ1n) is 6.99. The molecule has 6 nitrogen and oxygen atoms in total. The average Bonchev–Trinajstić information content (AvgIpc) is 2.89. The van der Waals surface area contributed by atoms with Gasteiger partial charge in [-0.2, -0.15) is 5.10 Å². The van der Waals surface area contributed by atoms with Gasteiger partial charge in [-0.15, -0.1) is 0 Å². The Hall–Kier alpha value is -1.56. The highest BCUT2D eigenvalue weighted by Crippen LogP contribution is 2.30. The average molecular weight is 263 g/mol. The van der Waals surface area contributed by atoms with Gasteiger partial charge in [-0.25, -0.2) is 4.98 Å². The predicted molar refractivity (Wildman–Crippen MR) is 74.0 cm³/mol. The smallest absolute Gasteiger partial charge is 0.202 e. The quantitative estimate of drug-likeness (QED) is 0.914. The van der Waals surface area contributed by atoms with E-state index in [0.29, 0.717) is 12.0 Å². The molecule has 1 saturated heterocycles. The minimum absolute atomic E-state index is 0.378. The second-order valence-electron chi connectivity index (χ2n) is 5.18. The lowest BCUT2D eigenvalue weighted by Crippen LogP contribution is -2.21. The van der Waals surface area contributed by atoms with Gasteiger partial charge in [-0.1, -0.05) is 13.3 Å². The number of fused-ring (bicyclic) bond motifs is 1. The van der Waals surface area contributed by atoms with Gasteiger partial charge in [-0.3, -0.25) is 9.25 Å². The molecule has 0 bridgehead atoms. The van der Waals surface area contributed by atoms with E-state index in [9.17, 15) is 0 Å². The highest BCUT2D eigenvalue weighted by molar-refractivity contribution is 5.78. The van der Waals surface area contributed by atoms with Crippen molar-refractivity contribution in [2.45, 2.75) is 38.6 Å². The predicted octanol–water partition coefficient (Wildman–Crippen LogP) is 1.66. The van der Waals surface area contributed by atoms with Crippen LogP contribution in [0.15, 0.2) is 0 Å². The highest BCUT2D eigenvalue weighted by atomic mass is 16.5. The van der Waals surface area contributed by atoms with Crippen LogP contribution >= 0.6 is 0 Å². The fourth-order valence-electron chi connectivity index (χ4n) is 2.93. The van der Waals surface area contributed by atoms with Crippen LogP contribution in [0.2, 0.25) is 0 Å². The molecule has 6 heteroatoms. The monoisotopic (exact) mass is 263 g/mol. The number of imidazole rings is 1. The summed E-state index contributed by atoms with van der Waals surface area (Å²) >= 11 is 0. The third kappa shape index (κ3) is 2.00. The molecular formula is C13H21N5O. The zero-order valence-corrected chi connectivity index (χ0v) is 11.6. The van der Waals surface area contributed by atoms with E-state index in [-0.39, 0.29) is 0 Å². The van der Waals surface area contributed by atoms with Crippen molar-refractivity contribution >= 4 is 17.1 Å². The summed E-state index contributed by atoms with van der Waals surface area (Å²) in [4.78, 5) is 4.54. The minimum atomic E-state index is 0.378. The number of ether oxygens (including phenoxy) is 1. The first kappa shape index (κ1) is 12.5. The maximum atomic E-state index is 6.13. The van der Waals surface area contributed by atoms with Gasteiger partial charge in [0.25, 0.3) is 0 Å². The largest absolute Gasteiger partial charge is 0.381 e. The Labute approximate surface area is 112 Å². The summed E-state index contributed by atoms with van der Waals surface area (Å²) in [6, 6.07) is 0.378. The van der Waals surface area contributed by atoms with Crippen molar-refractivity contribution in [2.24, 2.45) is 7.05 Å². The van der Waals surface area contributed by atoms with E-state index in [1.54, 1.807) is 0 Å². The van der Waals surface area contributed by atoms with Crippen molar-refractivity contribution in [3.05, 3.63) is 5.69 Å². The van der Waals surface area contributed by atoms with Crippen molar-refractivity contribution < 1.29 is 4.74 Å². The molecule has 104 valence electrons. The summed E-state index contributed by atoms with van der Waals surface area (Å²) in [7, 11) is 1.97. The molecule has 0 amide bonds.